The number of aliphatic hydroxyl groups excluding tert-OH is 1. The molecule has 0 atom stereocenters. The van der Waals surface area contributed by atoms with Crippen molar-refractivity contribution in [3.63, 3.8) is 0 Å². The number of benzene rings is 1. The van der Waals surface area contributed by atoms with Gasteiger partial charge in [0.1, 0.15) is 5.82 Å². The van der Waals surface area contributed by atoms with Crippen LogP contribution in [0.25, 0.3) is 0 Å². The summed E-state index contributed by atoms with van der Waals surface area (Å²) in [6, 6.07) is 0.888. The second-order valence-electron chi connectivity index (χ2n) is 3.89. The average Bonchev–Trinajstić information content (AvgIpc) is 2.20. The second-order valence-corrected chi connectivity index (χ2v) is 4.68. The van der Waals surface area contributed by atoms with Gasteiger partial charge < -0.3 is 5.11 Å². The van der Waals surface area contributed by atoms with E-state index in [9.17, 15) is 13.2 Å². The van der Waals surface area contributed by atoms with Gasteiger partial charge in [0.05, 0.1) is 11.1 Å². The van der Waals surface area contributed by atoms with E-state index in [2.05, 4.69) is 15.9 Å². The molecule has 1 N–H and O–H groups in total. The standard InChI is InChI=1S/C10H10BrF3O/c1-10(2,4-15)5-3-6(12)7(11)9(14)8(5)13/h3,15H,4H2,1-2H3. The van der Waals surface area contributed by atoms with E-state index in [0.717, 1.165) is 6.07 Å². The van der Waals surface area contributed by atoms with E-state index >= 15 is 0 Å². The third kappa shape index (κ3) is 2.18. The molecule has 0 aliphatic heterocycles. The van der Waals surface area contributed by atoms with E-state index in [4.69, 9.17) is 5.11 Å². The predicted octanol–water partition coefficient (Wildman–Crippen LogP) is 3.14. The predicted molar refractivity (Wildman–Crippen MR) is 54.1 cm³/mol. The molecule has 1 nitrogen and oxygen atoms in total. The summed E-state index contributed by atoms with van der Waals surface area (Å²) in [6.45, 7) is 2.60. The Labute approximate surface area is 94.0 Å². The van der Waals surface area contributed by atoms with Gasteiger partial charge in [-0.25, -0.2) is 13.2 Å². The van der Waals surface area contributed by atoms with Crippen LogP contribution in [0.1, 0.15) is 19.4 Å². The molecule has 84 valence electrons. The quantitative estimate of drug-likeness (QED) is 0.653. The lowest BCUT2D eigenvalue weighted by Crippen LogP contribution is -2.24. The van der Waals surface area contributed by atoms with Crippen LogP contribution in [0.4, 0.5) is 13.2 Å². The van der Waals surface area contributed by atoms with Gasteiger partial charge in [-0.3, -0.25) is 0 Å². The molecule has 0 fully saturated rings. The van der Waals surface area contributed by atoms with Crippen LogP contribution in [0.5, 0.6) is 0 Å². The van der Waals surface area contributed by atoms with E-state index < -0.39 is 33.9 Å². The van der Waals surface area contributed by atoms with Crippen molar-refractivity contribution in [3.05, 3.63) is 33.6 Å². The molecule has 0 radical (unpaired) electrons. The van der Waals surface area contributed by atoms with Gasteiger partial charge in [-0.1, -0.05) is 13.8 Å². The molecule has 0 spiro atoms. The summed E-state index contributed by atoms with van der Waals surface area (Å²) in [5, 5.41) is 9.00. The lowest BCUT2D eigenvalue weighted by Gasteiger charge is -2.23. The van der Waals surface area contributed by atoms with Gasteiger partial charge >= 0.3 is 0 Å². The summed E-state index contributed by atoms with van der Waals surface area (Å²) in [6.07, 6.45) is 0. The topological polar surface area (TPSA) is 20.2 Å². The Hall–Kier alpha value is -0.550. The minimum atomic E-state index is -1.27. The van der Waals surface area contributed by atoms with Gasteiger partial charge in [0.15, 0.2) is 11.6 Å². The number of rotatable bonds is 2. The molecular weight excluding hydrogens is 273 g/mol. The third-order valence-corrected chi connectivity index (χ3v) is 2.95. The fraction of sp³-hybridized carbons (Fsp3) is 0.400. The van der Waals surface area contributed by atoms with Crippen molar-refractivity contribution in [1.29, 1.82) is 0 Å². The van der Waals surface area contributed by atoms with E-state index in [1.54, 1.807) is 0 Å². The fourth-order valence-corrected chi connectivity index (χ4v) is 1.44. The zero-order valence-corrected chi connectivity index (χ0v) is 9.83. The molecule has 0 aliphatic rings. The first-order valence-electron chi connectivity index (χ1n) is 4.25. The molecule has 0 aromatic heterocycles. The summed E-state index contributed by atoms with van der Waals surface area (Å²) in [5.74, 6) is -3.29. The van der Waals surface area contributed by atoms with Crippen LogP contribution in [-0.2, 0) is 5.41 Å². The van der Waals surface area contributed by atoms with Crippen LogP contribution in [0.15, 0.2) is 10.5 Å². The highest BCUT2D eigenvalue weighted by Gasteiger charge is 2.28. The molecule has 0 saturated heterocycles. The van der Waals surface area contributed by atoms with Crippen molar-refractivity contribution in [2.75, 3.05) is 6.61 Å². The van der Waals surface area contributed by atoms with Crippen LogP contribution in [0.2, 0.25) is 0 Å². The molecule has 0 saturated carbocycles. The molecule has 15 heavy (non-hydrogen) atoms. The summed E-state index contributed by atoms with van der Waals surface area (Å²) in [5.41, 5.74) is -1.20. The van der Waals surface area contributed by atoms with Crippen molar-refractivity contribution in [1.82, 2.24) is 0 Å². The maximum absolute atomic E-state index is 13.4. The maximum Gasteiger partial charge on any atom is 0.176 e. The van der Waals surface area contributed by atoms with E-state index in [1.807, 2.05) is 0 Å². The highest BCUT2D eigenvalue weighted by atomic mass is 79.9. The Bertz CT molecular complexity index is 391. The normalized spacial score (nSPS) is 11.9. The van der Waals surface area contributed by atoms with Gasteiger partial charge in [-0.05, 0) is 22.0 Å². The molecule has 0 heterocycles. The lowest BCUT2D eigenvalue weighted by atomic mass is 9.85. The molecule has 0 bridgehead atoms. The second kappa shape index (κ2) is 4.14. The molecule has 5 heteroatoms. The van der Waals surface area contributed by atoms with Crippen molar-refractivity contribution < 1.29 is 18.3 Å². The minimum Gasteiger partial charge on any atom is -0.395 e. The Kier molecular flexibility index (Phi) is 3.45. The van der Waals surface area contributed by atoms with Gasteiger partial charge in [0.25, 0.3) is 0 Å². The van der Waals surface area contributed by atoms with Gasteiger partial charge in [0.2, 0.25) is 0 Å². The average molecular weight is 283 g/mol. The van der Waals surface area contributed by atoms with Crippen molar-refractivity contribution in [2.45, 2.75) is 19.3 Å². The Morgan fingerprint density at radius 1 is 1.27 bits per heavy atom. The number of halogens is 4. The molecule has 0 amide bonds. The molecule has 0 aliphatic carbocycles. The zero-order valence-electron chi connectivity index (χ0n) is 8.24. The first-order chi connectivity index (χ1) is 6.81. The number of aliphatic hydroxyl groups is 1. The summed E-state index contributed by atoms with van der Waals surface area (Å²) < 4.78 is 39.2. The van der Waals surface area contributed by atoms with E-state index in [-0.39, 0.29) is 5.56 Å². The highest BCUT2D eigenvalue weighted by molar-refractivity contribution is 9.10. The first-order valence-corrected chi connectivity index (χ1v) is 5.05. The van der Waals surface area contributed by atoms with Crippen molar-refractivity contribution in [3.8, 4) is 0 Å². The molecule has 1 rings (SSSR count). The number of hydrogen-bond donors (Lipinski definition) is 1. The Balaban J connectivity index is 3.45. The Morgan fingerprint density at radius 3 is 2.27 bits per heavy atom. The highest BCUT2D eigenvalue weighted by Crippen LogP contribution is 2.31. The monoisotopic (exact) mass is 282 g/mol. The van der Waals surface area contributed by atoms with Gasteiger partial charge in [-0.15, -0.1) is 0 Å². The largest absolute Gasteiger partial charge is 0.395 e. The molecule has 0 unspecified atom stereocenters. The van der Waals surface area contributed by atoms with Crippen LogP contribution >= 0.6 is 15.9 Å². The lowest BCUT2D eigenvalue weighted by molar-refractivity contribution is 0.213. The molecular formula is C10H10BrF3O. The molecule has 1 aromatic rings. The van der Waals surface area contributed by atoms with Crippen LogP contribution in [-0.4, -0.2) is 11.7 Å². The van der Waals surface area contributed by atoms with Crippen LogP contribution in [0.3, 0.4) is 0 Å². The zero-order chi connectivity index (χ0) is 11.8. The van der Waals surface area contributed by atoms with Crippen LogP contribution < -0.4 is 0 Å². The van der Waals surface area contributed by atoms with E-state index in [0.29, 0.717) is 0 Å². The fourth-order valence-electron chi connectivity index (χ4n) is 1.15. The SMILES string of the molecule is CC(C)(CO)c1cc(F)c(Br)c(F)c1F. The minimum absolute atomic E-state index is 0.178. The Morgan fingerprint density at radius 2 is 1.80 bits per heavy atom. The summed E-state index contributed by atoms with van der Waals surface area (Å²) in [4.78, 5) is 0. The first kappa shape index (κ1) is 12.5. The number of hydrogen-bond acceptors (Lipinski definition) is 1. The summed E-state index contributed by atoms with van der Waals surface area (Å²) in [7, 11) is 0. The van der Waals surface area contributed by atoms with Crippen LogP contribution in [0, 0.1) is 17.5 Å². The maximum atomic E-state index is 13.4. The van der Waals surface area contributed by atoms with Crippen molar-refractivity contribution in [2.24, 2.45) is 0 Å². The summed E-state index contributed by atoms with van der Waals surface area (Å²) >= 11 is 2.60. The van der Waals surface area contributed by atoms with Crippen molar-refractivity contribution >= 4 is 15.9 Å². The molecule has 1 aromatic carbocycles. The van der Waals surface area contributed by atoms with Gasteiger partial charge in [0, 0.05) is 11.0 Å². The van der Waals surface area contributed by atoms with E-state index in [1.165, 1.54) is 13.8 Å². The van der Waals surface area contributed by atoms with Gasteiger partial charge in [-0.2, -0.15) is 0 Å². The third-order valence-electron chi connectivity index (χ3n) is 2.23. The smallest absolute Gasteiger partial charge is 0.176 e.